The second-order valence-electron chi connectivity index (χ2n) is 3.86. The topological polar surface area (TPSA) is 88.8 Å². The molecule has 0 aliphatic heterocycles. The molecule has 0 aliphatic rings. The lowest BCUT2D eigenvalue weighted by Crippen LogP contribution is -2.19. The lowest BCUT2D eigenvalue weighted by Gasteiger charge is -2.07. The summed E-state index contributed by atoms with van der Waals surface area (Å²) in [5, 5.41) is 21.7. The predicted molar refractivity (Wildman–Crippen MR) is 66.3 cm³/mol. The van der Waals surface area contributed by atoms with Crippen LogP contribution in [0.1, 0.15) is 32.2 Å². The van der Waals surface area contributed by atoms with E-state index in [0.717, 1.165) is 13.0 Å². The van der Waals surface area contributed by atoms with Gasteiger partial charge in [-0.25, -0.2) is 0 Å². The third-order valence-corrected chi connectivity index (χ3v) is 2.32. The van der Waals surface area contributed by atoms with E-state index >= 15 is 0 Å². The Bertz CT molecular complexity index is 471. The Morgan fingerprint density at radius 1 is 1.33 bits per heavy atom. The third kappa shape index (κ3) is 3.24. The molecule has 0 saturated carbocycles. The minimum Gasteiger partial charge on any atom is -0.406 e. The maximum Gasteiger partial charge on any atom is 0.321 e. The van der Waals surface area contributed by atoms with E-state index in [1.807, 2.05) is 6.92 Å². The van der Waals surface area contributed by atoms with Crippen molar-refractivity contribution in [2.75, 3.05) is 11.9 Å². The van der Waals surface area contributed by atoms with E-state index in [4.69, 9.17) is 4.42 Å². The van der Waals surface area contributed by atoms with Gasteiger partial charge in [0, 0.05) is 6.20 Å². The molecule has 0 aliphatic carbocycles. The number of nitrogens with zero attached hydrogens (tertiary/aromatic N) is 4. The Balaban J connectivity index is 1.98. The third-order valence-electron chi connectivity index (χ3n) is 2.32. The fourth-order valence-corrected chi connectivity index (χ4v) is 1.39. The lowest BCUT2D eigenvalue weighted by atomic mass is 10.3. The summed E-state index contributed by atoms with van der Waals surface area (Å²) in [5.41, 5.74) is 0. The maximum absolute atomic E-state index is 5.48. The number of rotatable bonds is 6. The van der Waals surface area contributed by atoms with Crippen molar-refractivity contribution in [2.24, 2.45) is 0 Å². The number of anilines is 2. The molecule has 0 saturated heterocycles. The molecule has 0 fully saturated rings. The van der Waals surface area contributed by atoms with E-state index in [1.165, 1.54) is 0 Å². The quantitative estimate of drug-likeness (QED) is 0.803. The molecule has 2 heterocycles. The highest BCUT2D eigenvalue weighted by atomic mass is 16.4. The first-order valence-corrected chi connectivity index (χ1v) is 5.91. The summed E-state index contributed by atoms with van der Waals surface area (Å²) >= 11 is 0. The zero-order valence-corrected chi connectivity index (χ0v) is 10.4. The molecule has 7 nitrogen and oxygen atoms in total. The standard InChI is InChI=1S/C11H16N6O/c1-3-6-12-8(2)10-16-17-11(18-10)14-9-5-4-7-13-15-9/h4-5,7-8,12H,3,6H2,1-2H3,(H,14,15,17). The molecule has 0 bridgehead atoms. The van der Waals surface area contributed by atoms with Gasteiger partial charge in [0.1, 0.15) is 0 Å². The van der Waals surface area contributed by atoms with Crippen molar-refractivity contribution in [3.05, 3.63) is 24.2 Å². The average molecular weight is 248 g/mol. The van der Waals surface area contributed by atoms with E-state index in [2.05, 4.69) is 38.0 Å². The summed E-state index contributed by atoms with van der Waals surface area (Å²) in [6.45, 7) is 5.00. The van der Waals surface area contributed by atoms with Gasteiger partial charge in [-0.15, -0.1) is 10.2 Å². The molecule has 0 amide bonds. The molecule has 1 atom stereocenters. The van der Waals surface area contributed by atoms with E-state index in [0.29, 0.717) is 17.7 Å². The van der Waals surface area contributed by atoms with Gasteiger partial charge in [0.05, 0.1) is 6.04 Å². The summed E-state index contributed by atoms with van der Waals surface area (Å²) in [6, 6.07) is 3.90. The zero-order chi connectivity index (χ0) is 12.8. The van der Waals surface area contributed by atoms with Crippen molar-refractivity contribution >= 4 is 11.8 Å². The molecule has 2 aromatic rings. The normalized spacial score (nSPS) is 12.3. The van der Waals surface area contributed by atoms with Gasteiger partial charge in [-0.05, 0) is 32.0 Å². The molecule has 0 spiro atoms. The first-order valence-electron chi connectivity index (χ1n) is 5.91. The molecule has 18 heavy (non-hydrogen) atoms. The van der Waals surface area contributed by atoms with Gasteiger partial charge in [0.2, 0.25) is 5.89 Å². The minimum atomic E-state index is 0.0369. The van der Waals surface area contributed by atoms with Crippen LogP contribution in [0, 0.1) is 0 Å². The molecular weight excluding hydrogens is 232 g/mol. The van der Waals surface area contributed by atoms with Gasteiger partial charge in [-0.3, -0.25) is 5.32 Å². The average Bonchev–Trinajstić information content (AvgIpc) is 2.86. The van der Waals surface area contributed by atoms with Crippen LogP contribution in [0.2, 0.25) is 0 Å². The van der Waals surface area contributed by atoms with Gasteiger partial charge in [0.25, 0.3) is 0 Å². The van der Waals surface area contributed by atoms with Gasteiger partial charge in [-0.1, -0.05) is 12.0 Å². The molecule has 96 valence electrons. The second-order valence-corrected chi connectivity index (χ2v) is 3.86. The van der Waals surface area contributed by atoms with E-state index in [-0.39, 0.29) is 6.04 Å². The van der Waals surface area contributed by atoms with Crippen LogP contribution in [0.5, 0.6) is 0 Å². The zero-order valence-electron chi connectivity index (χ0n) is 10.4. The summed E-state index contributed by atoms with van der Waals surface area (Å²) in [7, 11) is 0. The predicted octanol–water partition coefficient (Wildman–Crippen LogP) is 1.66. The first kappa shape index (κ1) is 12.4. The Morgan fingerprint density at radius 3 is 2.94 bits per heavy atom. The smallest absolute Gasteiger partial charge is 0.321 e. The first-order chi connectivity index (χ1) is 8.79. The van der Waals surface area contributed by atoms with E-state index in [1.54, 1.807) is 18.3 Å². The molecule has 2 aromatic heterocycles. The molecule has 7 heteroatoms. The molecule has 2 rings (SSSR count). The Kier molecular flexibility index (Phi) is 4.19. The van der Waals surface area contributed by atoms with Gasteiger partial charge in [0.15, 0.2) is 5.82 Å². The molecule has 2 N–H and O–H groups in total. The summed E-state index contributed by atoms with van der Waals surface area (Å²) in [4.78, 5) is 0. The van der Waals surface area contributed by atoms with Crippen LogP contribution in [-0.4, -0.2) is 26.9 Å². The van der Waals surface area contributed by atoms with Crippen molar-refractivity contribution in [1.82, 2.24) is 25.7 Å². The summed E-state index contributed by atoms with van der Waals surface area (Å²) < 4.78 is 5.48. The van der Waals surface area contributed by atoms with Crippen molar-refractivity contribution in [1.29, 1.82) is 0 Å². The minimum absolute atomic E-state index is 0.0369. The van der Waals surface area contributed by atoms with Crippen LogP contribution in [0.25, 0.3) is 0 Å². The van der Waals surface area contributed by atoms with E-state index < -0.39 is 0 Å². The van der Waals surface area contributed by atoms with Crippen molar-refractivity contribution < 1.29 is 4.42 Å². The van der Waals surface area contributed by atoms with Gasteiger partial charge >= 0.3 is 6.01 Å². The van der Waals surface area contributed by atoms with Gasteiger partial charge in [-0.2, -0.15) is 5.10 Å². The van der Waals surface area contributed by atoms with Crippen LogP contribution >= 0.6 is 0 Å². The number of aromatic nitrogens is 4. The van der Waals surface area contributed by atoms with Crippen LogP contribution in [0.15, 0.2) is 22.7 Å². The van der Waals surface area contributed by atoms with Crippen molar-refractivity contribution in [2.45, 2.75) is 26.3 Å². The van der Waals surface area contributed by atoms with E-state index in [9.17, 15) is 0 Å². The van der Waals surface area contributed by atoms with Crippen LogP contribution in [0.3, 0.4) is 0 Å². The molecule has 0 aromatic carbocycles. The fourth-order valence-electron chi connectivity index (χ4n) is 1.39. The lowest BCUT2D eigenvalue weighted by molar-refractivity contribution is 0.424. The highest BCUT2D eigenvalue weighted by molar-refractivity contribution is 5.43. The Labute approximate surface area is 105 Å². The maximum atomic E-state index is 5.48. The molecular formula is C11H16N6O. The van der Waals surface area contributed by atoms with Gasteiger partial charge < -0.3 is 9.73 Å². The molecule has 0 radical (unpaired) electrons. The Hall–Kier alpha value is -2.02. The Morgan fingerprint density at radius 2 is 2.22 bits per heavy atom. The number of hydrogen-bond acceptors (Lipinski definition) is 7. The number of hydrogen-bond donors (Lipinski definition) is 2. The second kappa shape index (κ2) is 6.06. The fraction of sp³-hybridized carbons (Fsp3) is 0.455. The van der Waals surface area contributed by atoms with Crippen LogP contribution in [-0.2, 0) is 0 Å². The highest BCUT2D eigenvalue weighted by Crippen LogP contribution is 2.16. The SMILES string of the molecule is CCCNC(C)c1nnc(Nc2cccnn2)o1. The van der Waals surface area contributed by atoms with Crippen LogP contribution in [0.4, 0.5) is 11.8 Å². The number of nitrogens with one attached hydrogen (secondary N) is 2. The van der Waals surface area contributed by atoms with Crippen LogP contribution < -0.4 is 10.6 Å². The van der Waals surface area contributed by atoms with Crippen molar-refractivity contribution in [3.63, 3.8) is 0 Å². The highest BCUT2D eigenvalue weighted by Gasteiger charge is 2.13. The monoisotopic (exact) mass is 248 g/mol. The summed E-state index contributed by atoms with van der Waals surface area (Å²) in [5.74, 6) is 1.12. The van der Waals surface area contributed by atoms with Crippen molar-refractivity contribution in [3.8, 4) is 0 Å². The largest absolute Gasteiger partial charge is 0.406 e. The molecule has 1 unspecified atom stereocenters. The summed E-state index contributed by atoms with van der Waals surface area (Å²) in [6.07, 6.45) is 2.66.